The number of carbonyl (C=O) groups is 1. The molecule has 0 radical (unpaired) electrons. The Kier molecular flexibility index (Phi) is 4.52. The molecule has 1 aliphatic heterocycles. The zero-order valence-corrected chi connectivity index (χ0v) is 13.2. The van der Waals surface area contributed by atoms with Gasteiger partial charge in [0.25, 0.3) is 5.69 Å². The van der Waals surface area contributed by atoms with E-state index in [1.165, 1.54) is 12.3 Å². The van der Waals surface area contributed by atoms with Crippen molar-refractivity contribution in [1.29, 1.82) is 0 Å². The van der Waals surface area contributed by atoms with Gasteiger partial charge in [-0.15, -0.1) is 11.3 Å². The van der Waals surface area contributed by atoms with Crippen LogP contribution in [0.15, 0.2) is 35.8 Å². The van der Waals surface area contributed by atoms with E-state index in [0.717, 1.165) is 4.88 Å². The van der Waals surface area contributed by atoms with Gasteiger partial charge in [-0.2, -0.15) is 0 Å². The predicted octanol–water partition coefficient (Wildman–Crippen LogP) is 1.94. The van der Waals surface area contributed by atoms with E-state index in [-0.39, 0.29) is 11.6 Å². The first-order valence-corrected chi connectivity index (χ1v) is 8.17. The third-order valence-corrected chi connectivity index (χ3v) is 4.68. The van der Waals surface area contributed by atoms with Crippen LogP contribution in [0, 0.1) is 10.1 Å². The lowest BCUT2D eigenvalue weighted by Gasteiger charge is -2.35. The molecule has 0 N–H and O–H groups in total. The summed E-state index contributed by atoms with van der Waals surface area (Å²) in [5.74, 6) is 0.852. The number of rotatable bonds is 4. The molecule has 0 aliphatic carbocycles. The van der Waals surface area contributed by atoms with E-state index in [2.05, 4.69) is 4.98 Å². The van der Waals surface area contributed by atoms with Gasteiger partial charge in [-0.3, -0.25) is 14.9 Å². The van der Waals surface area contributed by atoms with E-state index in [1.54, 1.807) is 17.4 Å². The van der Waals surface area contributed by atoms with Gasteiger partial charge in [0.2, 0.25) is 5.91 Å². The standard InChI is InChI=1S/C15H16N4O3S/c20-15(10-13-2-1-9-23-13)18-7-5-17(6-8-18)14-4-3-12(11-16-14)19(21)22/h1-4,9,11H,5-8,10H2. The Bertz CT molecular complexity index is 679. The van der Waals surface area contributed by atoms with Crippen molar-refractivity contribution in [3.05, 3.63) is 50.8 Å². The highest BCUT2D eigenvalue weighted by molar-refractivity contribution is 7.10. The smallest absolute Gasteiger partial charge is 0.287 e. The highest BCUT2D eigenvalue weighted by Crippen LogP contribution is 2.18. The van der Waals surface area contributed by atoms with Crippen molar-refractivity contribution in [3.8, 4) is 0 Å². The van der Waals surface area contributed by atoms with Gasteiger partial charge in [0.15, 0.2) is 0 Å². The number of hydrogen-bond donors (Lipinski definition) is 0. The average molecular weight is 332 g/mol. The minimum atomic E-state index is -0.460. The topological polar surface area (TPSA) is 79.6 Å². The molecule has 3 heterocycles. The molecule has 0 unspecified atom stereocenters. The molecular formula is C15H16N4O3S. The molecule has 0 atom stereocenters. The second-order valence-electron chi connectivity index (χ2n) is 5.26. The third kappa shape index (κ3) is 3.65. The molecule has 2 aromatic rings. The molecule has 1 amide bonds. The maximum absolute atomic E-state index is 12.3. The number of aromatic nitrogens is 1. The molecule has 1 aliphatic rings. The van der Waals surface area contributed by atoms with Crippen molar-refractivity contribution in [2.75, 3.05) is 31.1 Å². The fraction of sp³-hybridized carbons (Fsp3) is 0.333. The van der Waals surface area contributed by atoms with Gasteiger partial charge in [-0.1, -0.05) is 6.07 Å². The zero-order valence-electron chi connectivity index (χ0n) is 12.4. The zero-order chi connectivity index (χ0) is 16.2. The number of nitrogens with zero attached hydrogens (tertiary/aromatic N) is 4. The minimum Gasteiger partial charge on any atom is -0.353 e. The predicted molar refractivity (Wildman–Crippen MR) is 87.7 cm³/mol. The summed E-state index contributed by atoms with van der Waals surface area (Å²) in [6.45, 7) is 2.65. The van der Waals surface area contributed by atoms with Crippen LogP contribution >= 0.6 is 11.3 Å². The Morgan fingerprint density at radius 3 is 2.61 bits per heavy atom. The molecule has 1 saturated heterocycles. The van der Waals surface area contributed by atoms with Crippen LogP contribution in [0.3, 0.4) is 0 Å². The summed E-state index contributed by atoms with van der Waals surface area (Å²) in [4.78, 5) is 31.6. The summed E-state index contributed by atoms with van der Waals surface area (Å²) < 4.78 is 0. The van der Waals surface area contributed by atoms with Gasteiger partial charge in [0, 0.05) is 37.1 Å². The number of nitro groups is 1. The fourth-order valence-corrected chi connectivity index (χ4v) is 3.23. The fourth-order valence-electron chi connectivity index (χ4n) is 2.53. The monoisotopic (exact) mass is 332 g/mol. The summed E-state index contributed by atoms with van der Waals surface area (Å²) in [6, 6.07) is 7.03. The van der Waals surface area contributed by atoms with Gasteiger partial charge in [-0.25, -0.2) is 4.98 Å². The molecule has 3 rings (SSSR count). The molecule has 120 valence electrons. The number of anilines is 1. The molecule has 23 heavy (non-hydrogen) atoms. The van der Waals surface area contributed by atoms with Crippen LogP contribution in [-0.4, -0.2) is 46.9 Å². The van der Waals surface area contributed by atoms with Crippen molar-refractivity contribution in [2.45, 2.75) is 6.42 Å². The van der Waals surface area contributed by atoms with Crippen LogP contribution in [0.5, 0.6) is 0 Å². The Morgan fingerprint density at radius 2 is 2.04 bits per heavy atom. The normalized spacial score (nSPS) is 14.8. The number of carbonyl (C=O) groups excluding carboxylic acids is 1. The molecule has 0 aromatic carbocycles. The lowest BCUT2D eigenvalue weighted by Crippen LogP contribution is -2.49. The largest absolute Gasteiger partial charge is 0.353 e. The Morgan fingerprint density at radius 1 is 1.26 bits per heavy atom. The first-order valence-electron chi connectivity index (χ1n) is 7.29. The van der Waals surface area contributed by atoms with Gasteiger partial charge >= 0.3 is 0 Å². The van der Waals surface area contributed by atoms with Crippen molar-refractivity contribution in [2.24, 2.45) is 0 Å². The second-order valence-corrected chi connectivity index (χ2v) is 6.29. The Hall–Kier alpha value is -2.48. The first kappa shape index (κ1) is 15.4. The maximum Gasteiger partial charge on any atom is 0.287 e. The van der Waals surface area contributed by atoms with Crippen LogP contribution in [0.1, 0.15) is 4.88 Å². The van der Waals surface area contributed by atoms with Crippen LogP contribution in [0.2, 0.25) is 0 Å². The maximum atomic E-state index is 12.3. The SMILES string of the molecule is O=C(Cc1cccs1)N1CCN(c2ccc([N+](=O)[O-])cn2)CC1. The van der Waals surface area contributed by atoms with E-state index < -0.39 is 4.92 Å². The lowest BCUT2D eigenvalue weighted by atomic mass is 10.2. The van der Waals surface area contributed by atoms with Crippen molar-refractivity contribution < 1.29 is 9.72 Å². The van der Waals surface area contributed by atoms with Crippen LogP contribution in [0.4, 0.5) is 11.5 Å². The summed E-state index contributed by atoms with van der Waals surface area (Å²) >= 11 is 1.59. The molecule has 1 fully saturated rings. The van der Waals surface area contributed by atoms with Crippen molar-refractivity contribution in [3.63, 3.8) is 0 Å². The van der Waals surface area contributed by atoms with E-state index in [0.29, 0.717) is 38.4 Å². The molecule has 0 saturated carbocycles. The van der Waals surface area contributed by atoms with Crippen molar-refractivity contribution >= 4 is 28.7 Å². The molecule has 8 heteroatoms. The summed E-state index contributed by atoms with van der Waals surface area (Å²) in [5.41, 5.74) is -0.0153. The molecule has 0 bridgehead atoms. The summed E-state index contributed by atoms with van der Waals surface area (Å²) in [7, 11) is 0. The molecule has 7 nitrogen and oxygen atoms in total. The second kappa shape index (κ2) is 6.74. The summed E-state index contributed by atoms with van der Waals surface area (Å²) in [5, 5.41) is 12.6. The number of piperazine rings is 1. The van der Waals surface area contributed by atoms with E-state index in [4.69, 9.17) is 0 Å². The van der Waals surface area contributed by atoms with E-state index in [9.17, 15) is 14.9 Å². The van der Waals surface area contributed by atoms with Crippen LogP contribution in [-0.2, 0) is 11.2 Å². The number of thiophene rings is 1. The first-order chi connectivity index (χ1) is 11.1. The van der Waals surface area contributed by atoms with Crippen LogP contribution < -0.4 is 4.90 Å². The van der Waals surface area contributed by atoms with Gasteiger partial charge in [-0.05, 0) is 17.5 Å². The van der Waals surface area contributed by atoms with E-state index >= 15 is 0 Å². The minimum absolute atomic E-state index is 0.0153. The Balaban J connectivity index is 1.55. The van der Waals surface area contributed by atoms with Crippen LogP contribution in [0.25, 0.3) is 0 Å². The number of amides is 1. The van der Waals surface area contributed by atoms with E-state index in [1.807, 2.05) is 27.3 Å². The quantitative estimate of drug-likeness (QED) is 0.631. The number of hydrogen-bond acceptors (Lipinski definition) is 6. The lowest BCUT2D eigenvalue weighted by molar-refractivity contribution is -0.385. The molecule has 2 aromatic heterocycles. The molecular weight excluding hydrogens is 316 g/mol. The molecule has 0 spiro atoms. The average Bonchev–Trinajstić information content (AvgIpc) is 3.08. The van der Waals surface area contributed by atoms with Gasteiger partial charge < -0.3 is 9.80 Å². The van der Waals surface area contributed by atoms with Gasteiger partial charge in [0.1, 0.15) is 12.0 Å². The van der Waals surface area contributed by atoms with Crippen molar-refractivity contribution in [1.82, 2.24) is 9.88 Å². The Labute approximate surface area is 137 Å². The third-order valence-electron chi connectivity index (χ3n) is 3.81. The highest BCUT2D eigenvalue weighted by atomic mass is 32.1. The number of pyridine rings is 1. The summed E-state index contributed by atoms with van der Waals surface area (Å²) in [6.07, 6.45) is 1.72. The highest BCUT2D eigenvalue weighted by Gasteiger charge is 2.22. The van der Waals surface area contributed by atoms with Gasteiger partial charge in [0.05, 0.1) is 11.3 Å².